The highest BCUT2D eigenvalue weighted by molar-refractivity contribution is 7.15. The van der Waals surface area contributed by atoms with E-state index < -0.39 is 0 Å². The third kappa shape index (κ3) is 3.25. The summed E-state index contributed by atoms with van der Waals surface area (Å²) < 4.78 is 2.70. The fourth-order valence-corrected chi connectivity index (χ4v) is 4.47. The lowest BCUT2D eigenvalue weighted by Gasteiger charge is -2.01. The molecule has 1 aliphatic carbocycles. The fraction of sp³-hybridized carbons (Fsp3) is 0.375. The van der Waals surface area contributed by atoms with Crippen molar-refractivity contribution >= 4 is 44.0 Å². The fourth-order valence-electron chi connectivity index (χ4n) is 2.51. The van der Waals surface area contributed by atoms with Gasteiger partial charge in [0.15, 0.2) is 0 Å². The van der Waals surface area contributed by atoms with Crippen LogP contribution in [0, 0.1) is 0 Å². The first-order valence-electron chi connectivity index (χ1n) is 7.93. The molecule has 4 rings (SSSR count). The van der Waals surface area contributed by atoms with Gasteiger partial charge in [-0.15, -0.1) is 10.2 Å². The van der Waals surface area contributed by atoms with Gasteiger partial charge in [0.2, 0.25) is 11.0 Å². The maximum absolute atomic E-state index is 12.2. The zero-order chi connectivity index (χ0) is 16.5. The number of aryl methyl sites for hydroxylation is 1. The van der Waals surface area contributed by atoms with Crippen LogP contribution in [0.4, 0.5) is 5.13 Å². The van der Waals surface area contributed by atoms with Crippen LogP contribution in [0.15, 0.2) is 29.1 Å². The number of rotatable bonds is 6. The second-order valence-corrected chi connectivity index (χ2v) is 7.94. The van der Waals surface area contributed by atoms with Crippen LogP contribution in [0.5, 0.6) is 0 Å². The second-order valence-electron chi connectivity index (χ2n) is 5.87. The molecule has 1 aliphatic rings. The Morgan fingerprint density at radius 1 is 1.29 bits per heavy atom. The van der Waals surface area contributed by atoms with Crippen LogP contribution in [0.2, 0.25) is 0 Å². The maximum Gasteiger partial charge on any atom is 0.268 e. The van der Waals surface area contributed by atoms with Gasteiger partial charge in [-0.2, -0.15) is 0 Å². The van der Waals surface area contributed by atoms with Crippen LogP contribution < -0.4 is 10.9 Å². The van der Waals surface area contributed by atoms with Gasteiger partial charge in [0.1, 0.15) is 5.01 Å². The Labute approximate surface area is 146 Å². The molecule has 0 atom stereocenters. The molecule has 2 heterocycles. The monoisotopic (exact) mass is 360 g/mol. The van der Waals surface area contributed by atoms with Gasteiger partial charge in [-0.1, -0.05) is 35.0 Å². The van der Waals surface area contributed by atoms with E-state index in [0.717, 1.165) is 15.1 Å². The number of aromatic nitrogens is 3. The van der Waals surface area contributed by atoms with Crippen LogP contribution in [-0.4, -0.2) is 20.1 Å². The molecule has 0 aliphatic heterocycles. The quantitative estimate of drug-likeness (QED) is 0.732. The normalized spacial score (nSPS) is 14.2. The number of hydrogen-bond acceptors (Lipinski definition) is 6. The summed E-state index contributed by atoms with van der Waals surface area (Å²) in [4.78, 5) is 24.2. The smallest absolute Gasteiger partial charge is 0.268 e. The van der Waals surface area contributed by atoms with Crippen molar-refractivity contribution in [2.24, 2.45) is 0 Å². The minimum atomic E-state index is -0.0809. The zero-order valence-corrected chi connectivity index (χ0v) is 14.5. The molecule has 1 N–H and O–H groups in total. The van der Waals surface area contributed by atoms with Gasteiger partial charge in [-0.25, -0.2) is 0 Å². The third-order valence-corrected chi connectivity index (χ3v) is 6.05. The van der Waals surface area contributed by atoms with Gasteiger partial charge >= 0.3 is 0 Å². The molecule has 0 bridgehead atoms. The highest BCUT2D eigenvalue weighted by atomic mass is 32.1. The van der Waals surface area contributed by atoms with Crippen molar-refractivity contribution in [1.82, 2.24) is 14.2 Å². The Morgan fingerprint density at radius 2 is 2.12 bits per heavy atom. The van der Waals surface area contributed by atoms with E-state index >= 15 is 0 Å². The summed E-state index contributed by atoms with van der Waals surface area (Å²) >= 11 is 2.90. The van der Waals surface area contributed by atoms with E-state index in [-0.39, 0.29) is 11.5 Å². The molecule has 0 spiro atoms. The summed E-state index contributed by atoms with van der Waals surface area (Å²) in [7, 11) is 0. The summed E-state index contributed by atoms with van der Waals surface area (Å²) in [5, 5.41) is 13.2. The van der Waals surface area contributed by atoms with E-state index in [4.69, 9.17) is 0 Å². The predicted molar refractivity (Wildman–Crippen MR) is 95.8 cm³/mol. The van der Waals surface area contributed by atoms with E-state index in [1.165, 1.54) is 35.7 Å². The predicted octanol–water partition coefficient (Wildman–Crippen LogP) is 3.21. The van der Waals surface area contributed by atoms with Crippen LogP contribution in [0.1, 0.15) is 36.6 Å². The molecular weight excluding hydrogens is 344 g/mol. The zero-order valence-electron chi connectivity index (χ0n) is 12.9. The number of carbonyl (C=O) groups is 1. The number of anilines is 1. The molecule has 2 aromatic heterocycles. The number of fused-ring (bicyclic) bond motifs is 1. The molecule has 0 saturated heterocycles. The minimum Gasteiger partial charge on any atom is -0.301 e. The minimum absolute atomic E-state index is 0.0224. The number of nitrogens with zero attached hydrogens (tertiary/aromatic N) is 3. The van der Waals surface area contributed by atoms with Crippen LogP contribution in [0.25, 0.3) is 10.1 Å². The molecular formula is C16H16N4O2S2. The number of nitrogens with one attached hydrogen (secondary N) is 1. The first-order chi connectivity index (χ1) is 11.7. The first-order valence-corrected chi connectivity index (χ1v) is 9.52. The topological polar surface area (TPSA) is 76.9 Å². The van der Waals surface area contributed by atoms with Crippen LogP contribution in [-0.2, 0) is 11.3 Å². The van der Waals surface area contributed by atoms with Gasteiger partial charge in [0.25, 0.3) is 5.56 Å². The van der Waals surface area contributed by atoms with E-state index in [2.05, 4.69) is 15.5 Å². The van der Waals surface area contributed by atoms with Gasteiger partial charge in [0, 0.05) is 18.9 Å². The summed E-state index contributed by atoms with van der Waals surface area (Å²) in [5.41, 5.74) is 0.0224. The summed E-state index contributed by atoms with van der Waals surface area (Å²) in [6.07, 6.45) is 3.32. The highest BCUT2D eigenvalue weighted by Crippen LogP contribution is 2.42. The lowest BCUT2D eigenvalue weighted by Crippen LogP contribution is -2.16. The van der Waals surface area contributed by atoms with Crippen molar-refractivity contribution in [1.29, 1.82) is 0 Å². The molecule has 0 radical (unpaired) electrons. The number of amides is 1. The maximum atomic E-state index is 12.2. The Bertz CT molecular complexity index is 939. The van der Waals surface area contributed by atoms with E-state index in [1.807, 2.05) is 24.3 Å². The van der Waals surface area contributed by atoms with Gasteiger partial charge < -0.3 is 5.32 Å². The molecule has 1 aromatic carbocycles. The molecule has 8 heteroatoms. The molecule has 0 unspecified atom stereocenters. The molecule has 6 nitrogen and oxygen atoms in total. The molecule has 1 amide bonds. The molecule has 24 heavy (non-hydrogen) atoms. The van der Waals surface area contributed by atoms with Crippen molar-refractivity contribution in [3.05, 3.63) is 39.6 Å². The van der Waals surface area contributed by atoms with E-state index in [1.54, 1.807) is 3.96 Å². The Hall–Kier alpha value is -2.06. The van der Waals surface area contributed by atoms with Crippen molar-refractivity contribution in [2.75, 3.05) is 5.32 Å². The van der Waals surface area contributed by atoms with Crippen molar-refractivity contribution in [3.63, 3.8) is 0 Å². The Balaban J connectivity index is 1.31. The number of hydrogen-bond donors (Lipinski definition) is 1. The van der Waals surface area contributed by atoms with Crippen LogP contribution >= 0.6 is 22.9 Å². The van der Waals surface area contributed by atoms with Crippen molar-refractivity contribution in [3.8, 4) is 0 Å². The van der Waals surface area contributed by atoms with Crippen molar-refractivity contribution in [2.45, 2.75) is 38.1 Å². The SMILES string of the molecule is O=C(CCCn1sc2ccccc2c1=O)Nc1nnc(C2CC2)s1. The number of benzene rings is 1. The van der Waals surface area contributed by atoms with Gasteiger partial charge in [-0.05, 0) is 31.4 Å². The van der Waals surface area contributed by atoms with Crippen molar-refractivity contribution < 1.29 is 4.79 Å². The van der Waals surface area contributed by atoms with Gasteiger partial charge in [-0.3, -0.25) is 13.5 Å². The lowest BCUT2D eigenvalue weighted by molar-refractivity contribution is -0.116. The summed E-state index contributed by atoms with van der Waals surface area (Å²) in [5.74, 6) is 0.468. The van der Waals surface area contributed by atoms with Gasteiger partial charge in [0.05, 0.1) is 10.1 Å². The first kappa shape index (κ1) is 15.5. The molecule has 1 fully saturated rings. The van der Waals surface area contributed by atoms with E-state index in [9.17, 15) is 9.59 Å². The average Bonchev–Trinajstić information content (AvgIpc) is 3.25. The second kappa shape index (κ2) is 6.45. The Kier molecular flexibility index (Phi) is 4.15. The average molecular weight is 360 g/mol. The Morgan fingerprint density at radius 3 is 2.92 bits per heavy atom. The highest BCUT2D eigenvalue weighted by Gasteiger charge is 2.27. The van der Waals surface area contributed by atoms with E-state index in [0.29, 0.717) is 30.4 Å². The summed E-state index contributed by atoms with van der Waals surface area (Å²) in [6, 6.07) is 7.57. The molecule has 124 valence electrons. The third-order valence-electron chi connectivity index (χ3n) is 3.93. The molecule has 3 aromatic rings. The van der Waals surface area contributed by atoms with Crippen LogP contribution in [0.3, 0.4) is 0 Å². The lowest BCUT2D eigenvalue weighted by atomic mass is 10.3. The largest absolute Gasteiger partial charge is 0.301 e. The molecule has 1 saturated carbocycles. The summed E-state index contributed by atoms with van der Waals surface area (Å²) in [6.45, 7) is 0.551. The number of carbonyl (C=O) groups excluding carboxylic acids is 1. The standard InChI is InChI=1S/C16H16N4O2S2/c21-13(17-16-19-18-14(23-16)10-7-8-10)6-3-9-20-15(22)11-4-1-2-5-12(11)24-20/h1-2,4-5,10H,3,6-9H2,(H,17,19,21).